The van der Waals surface area contributed by atoms with Crippen LogP contribution in [-0.2, 0) is 9.53 Å². The standard InChI is InChI=1S/C18H26N4O3/c1-10-15(11(2)23)7-19-18(20-10)22-8-13-5-16(21-12(3)24)17(25-4)6-14(13)9-22/h7,13-14,16-17H,5-6,8-9H2,1-4H3,(H,21,24)/t13-,14+,16-,17-/m1/s1. The van der Waals surface area contributed by atoms with Crippen molar-refractivity contribution in [3.8, 4) is 0 Å². The molecule has 7 nitrogen and oxygen atoms in total. The summed E-state index contributed by atoms with van der Waals surface area (Å²) in [4.78, 5) is 34.1. The number of aromatic nitrogens is 2. The lowest BCUT2D eigenvalue weighted by Crippen LogP contribution is -2.49. The molecule has 4 atom stereocenters. The fourth-order valence-electron chi connectivity index (χ4n) is 4.20. The Labute approximate surface area is 148 Å². The maximum Gasteiger partial charge on any atom is 0.225 e. The summed E-state index contributed by atoms with van der Waals surface area (Å²) in [5, 5.41) is 3.03. The molecule has 136 valence electrons. The van der Waals surface area contributed by atoms with Gasteiger partial charge in [0.25, 0.3) is 0 Å². The maximum atomic E-state index is 11.6. The number of hydrogen-bond donors (Lipinski definition) is 1. The smallest absolute Gasteiger partial charge is 0.225 e. The van der Waals surface area contributed by atoms with Crippen LogP contribution in [0.1, 0.15) is 42.7 Å². The number of ketones is 1. The zero-order chi connectivity index (χ0) is 18.1. The molecule has 1 saturated heterocycles. The van der Waals surface area contributed by atoms with Crippen LogP contribution in [0.4, 0.5) is 5.95 Å². The van der Waals surface area contributed by atoms with Crippen LogP contribution in [0.25, 0.3) is 0 Å². The van der Waals surface area contributed by atoms with Crippen LogP contribution in [-0.4, -0.2) is 54.0 Å². The highest BCUT2D eigenvalue weighted by Crippen LogP contribution is 2.38. The summed E-state index contributed by atoms with van der Waals surface area (Å²) in [6, 6.07) is 0.0615. The summed E-state index contributed by atoms with van der Waals surface area (Å²) in [7, 11) is 1.71. The van der Waals surface area contributed by atoms with Gasteiger partial charge in [0.15, 0.2) is 5.78 Å². The number of hydrogen-bond acceptors (Lipinski definition) is 6. The number of ether oxygens (including phenoxy) is 1. The van der Waals surface area contributed by atoms with Crippen LogP contribution < -0.4 is 10.2 Å². The first-order valence-corrected chi connectivity index (χ1v) is 8.78. The van der Waals surface area contributed by atoms with Gasteiger partial charge in [-0.15, -0.1) is 0 Å². The second-order valence-corrected chi connectivity index (χ2v) is 7.20. The summed E-state index contributed by atoms with van der Waals surface area (Å²) in [5.74, 6) is 1.65. The van der Waals surface area contributed by atoms with Crippen molar-refractivity contribution in [1.82, 2.24) is 15.3 Å². The highest BCUT2D eigenvalue weighted by atomic mass is 16.5. The summed E-state index contributed by atoms with van der Waals surface area (Å²) < 4.78 is 5.61. The fraction of sp³-hybridized carbons (Fsp3) is 0.667. The SMILES string of the molecule is CO[C@@H]1C[C@H]2CN(c3ncc(C(C)=O)c(C)n3)C[C@H]2C[C@H]1NC(C)=O. The lowest BCUT2D eigenvalue weighted by Gasteiger charge is -2.37. The molecule has 2 heterocycles. The zero-order valence-corrected chi connectivity index (χ0v) is 15.3. The number of nitrogens with zero attached hydrogens (tertiary/aromatic N) is 3. The molecule has 1 saturated carbocycles. The van der Waals surface area contributed by atoms with Crippen molar-refractivity contribution in [2.75, 3.05) is 25.1 Å². The van der Waals surface area contributed by atoms with Crippen molar-refractivity contribution >= 4 is 17.6 Å². The van der Waals surface area contributed by atoms with E-state index >= 15 is 0 Å². The minimum atomic E-state index is -0.0147. The van der Waals surface area contributed by atoms with Crippen LogP contribution in [0.15, 0.2) is 6.20 Å². The number of aryl methyl sites for hydroxylation is 1. The summed E-state index contributed by atoms with van der Waals surface area (Å²) in [6.07, 6.45) is 3.50. The van der Waals surface area contributed by atoms with Gasteiger partial charge in [0.05, 0.1) is 23.4 Å². The number of anilines is 1. The third kappa shape index (κ3) is 3.66. The fourth-order valence-corrected chi connectivity index (χ4v) is 4.20. The van der Waals surface area contributed by atoms with Gasteiger partial charge in [0, 0.05) is 33.3 Å². The second kappa shape index (κ2) is 7.07. The number of Topliss-reactive ketones (excluding diaryl/α,β-unsaturated/α-hetero) is 1. The Kier molecular flexibility index (Phi) is 5.03. The molecule has 2 aliphatic rings. The van der Waals surface area contributed by atoms with Gasteiger partial charge < -0.3 is 15.0 Å². The molecule has 3 rings (SSSR count). The molecule has 0 spiro atoms. The molecule has 0 unspecified atom stereocenters. The van der Waals surface area contributed by atoms with E-state index < -0.39 is 0 Å². The molecule has 1 aliphatic carbocycles. The lowest BCUT2D eigenvalue weighted by molar-refractivity contribution is -0.121. The average Bonchev–Trinajstić information content (AvgIpc) is 2.95. The van der Waals surface area contributed by atoms with E-state index in [4.69, 9.17) is 4.74 Å². The molecule has 1 aromatic rings. The van der Waals surface area contributed by atoms with E-state index in [0.717, 1.165) is 31.6 Å². The third-order valence-electron chi connectivity index (χ3n) is 5.44. The van der Waals surface area contributed by atoms with Gasteiger partial charge in [0.1, 0.15) is 0 Å². The Hall–Kier alpha value is -2.02. The minimum Gasteiger partial charge on any atom is -0.379 e. The molecule has 1 aliphatic heterocycles. The van der Waals surface area contributed by atoms with Gasteiger partial charge in [-0.1, -0.05) is 0 Å². The van der Waals surface area contributed by atoms with E-state index in [9.17, 15) is 9.59 Å². The maximum absolute atomic E-state index is 11.6. The Morgan fingerprint density at radius 2 is 1.92 bits per heavy atom. The number of amides is 1. The van der Waals surface area contributed by atoms with Gasteiger partial charge >= 0.3 is 0 Å². The van der Waals surface area contributed by atoms with Crippen LogP contribution in [0.2, 0.25) is 0 Å². The topological polar surface area (TPSA) is 84.4 Å². The Morgan fingerprint density at radius 1 is 1.24 bits per heavy atom. The summed E-state index contributed by atoms with van der Waals surface area (Å²) in [5.41, 5.74) is 1.30. The first kappa shape index (κ1) is 17.8. The van der Waals surface area contributed by atoms with Gasteiger partial charge in [0.2, 0.25) is 11.9 Å². The summed E-state index contributed by atoms with van der Waals surface area (Å²) >= 11 is 0. The zero-order valence-electron chi connectivity index (χ0n) is 15.3. The lowest BCUT2D eigenvalue weighted by atomic mass is 9.77. The highest BCUT2D eigenvalue weighted by molar-refractivity contribution is 5.94. The first-order chi connectivity index (χ1) is 11.9. The summed E-state index contributed by atoms with van der Waals surface area (Å²) in [6.45, 7) is 6.68. The van der Waals surface area contributed by atoms with E-state index in [-0.39, 0.29) is 23.8 Å². The quantitative estimate of drug-likeness (QED) is 0.829. The highest BCUT2D eigenvalue weighted by Gasteiger charge is 2.43. The second-order valence-electron chi connectivity index (χ2n) is 7.20. The van der Waals surface area contributed by atoms with E-state index in [1.54, 1.807) is 20.2 Å². The van der Waals surface area contributed by atoms with Crippen molar-refractivity contribution < 1.29 is 14.3 Å². The molecule has 1 amide bonds. The predicted octanol–water partition coefficient (Wildman–Crippen LogP) is 1.35. The van der Waals surface area contributed by atoms with E-state index in [1.807, 2.05) is 6.92 Å². The monoisotopic (exact) mass is 346 g/mol. The van der Waals surface area contributed by atoms with Crippen molar-refractivity contribution in [1.29, 1.82) is 0 Å². The average molecular weight is 346 g/mol. The number of carbonyl (C=O) groups is 2. The number of fused-ring (bicyclic) bond motifs is 1. The van der Waals surface area contributed by atoms with Crippen LogP contribution in [0, 0.1) is 18.8 Å². The van der Waals surface area contributed by atoms with Crippen molar-refractivity contribution in [2.24, 2.45) is 11.8 Å². The van der Waals surface area contributed by atoms with Crippen molar-refractivity contribution in [3.05, 3.63) is 17.5 Å². The van der Waals surface area contributed by atoms with E-state index in [0.29, 0.717) is 23.3 Å². The van der Waals surface area contributed by atoms with Gasteiger partial charge in [-0.3, -0.25) is 9.59 Å². The van der Waals surface area contributed by atoms with Crippen LogP contribution >= 0.6 is 0 Å². The molecule has 25 heavy (non-hydrogen) atoms. The normalized spacial score (nSPS) is 28.6. The molecular formula is C18H26N4O3. The minimum absolute atomic E-state index is 0.0137. The van der Waals surface area contributed by atoms with E-state index in [2.05, 4.69) is 20.2 Å². The van der Waals surface area contributed by atoms with E-state index in [1.165, 1.54) is 6.92 Å². The number of rotatable bonds is 4. The number of methoxy groups -OCH3 is 1. The number of carbonyl (C=O) groups excluding carboxylic acids is 2. The van der Waals surface area contributed by atoms with Crippen molar-refractivity contribution in [3.63, 3.8) is 0 Å². The number of nitrogens with one attached hydrogen (secondary N) is 1. The predicted molar refractivity (Wildman–Crippen MR) is 93.6 cm³/mol. The van der Waals surface area contributed by atoms with Gasteiger partial charge in [-0.25, -0.2) is 9.97 Å². The third-order valence-corrected chi connectivity index (χ3v) is 5.44. The Balaban J connectivity index is 1.73. The molecule has 0 aromatic carbocycles. The molecule has 7 heteroatoms. The van der Waals surface area contributed by atoms with Crippen LogP contribution in [0.3, 0.4) is 0 Å². The Bertz CT molecular complexity index is 678. The molecule has 2 fully saturated rings. The molecule has 0 radical (unpaired) electrons. The largest absolute Gasteiger partial charge is 0.379 e. The van der Waals surface area contributed by atoms with Crippen LogP contribution in [0.5, 0.6) is 0 Å². The van der Waals surface area contributed by atoms with Gasteiger partial charge in [-0.05, 0) is 38.5 Å². The molecule has 1 N–H and O–H groups in total. The molecular weight excluding hydrogens is 320 g/mol. The first-order valence-electron chi connectivity index (χ1n) is 8.78. The Morgan fingerprint density at radius 3 is 2.48 bits per heavy atom. The van der Waals surface area contributed by atoms with Gasteiger partial charge in [-0.2, -0.15) is 0 Å². The molecule has 0 bridgehead atoms. The van der Waals surface area contributed by atoms with Crippen molar-refractivity contribution in [2.45, 2.75) is 45.8 Å². The molecule has 1 aromatic heterocycles.